The fraction of sp³-hybridized carbons (Fsp3) is 0.533. The molecule has 19 heavy (non-hydrogen) atoms. The standard InChI is InChI=1S/C15H24O3Si/c1-15(2,3)19(4,5)18-11-13-8-6-12(7-9-13)10-14(16)17/h6-9H,10-11H2,1-5H3,(H,16,17)/q-1. The van der Waals surface area contributed by atoms with Crippen LogP contribution in [0.2, 0.25) is 18.1 Å². The molecule has 0 unspecified atom stereocenters. The number of aliphatic carboxylic acids is 1. The first-order chi connectivity index (χ1) is 8.62. The lowest BCUT2D eigenvalue weighted by Crippen LogP contribution is -2.40. The van der Waals surface area contributed by atoms with E-state index in [9.17, 15) is 4.79 Å². The van der Waals surface area contributed by atoms with Crippen molar-refractivity contribution >= 4 is 14.3 Å². The maximum absolute atomic E-state index is 10.6. The van der Waals surface area contributed by atoms with Crippen molar-refractivity contribution in [1.29, 1.82) is 0 Å². The molecule has 107 valence electrons. The normalized spacial score (nSPS) is 12.5. The van der Waals surface area contributed by atoms with E-state index in [1.807, 2.05) is 24.3 Å². The van der Waals surface area contributed by atoms with Gasteiger partial charge in [-0.1, -0.05) is 45.0 Å². The SMILES string of the molecule is CC(C)(C)[Si-](C)(C)OCc1ccc(CC(=O)O)cc1. The number of rotatable bonds is 5. The topological polar surface area (TPSA) is 46.5 Å². The third-order valence-electron chi connectivity index (χ3n) is 3.78. The van der Waals surface area contributed by atoms with Gasteiger partial charge in [0.05, 0.1) is 6.42 Å². The van der Waals surface area contributed by atoms with Crippen molar-refractivity contribution in [2.45, 2.75) is 51.9 Å². The van der Waals surface area contributed by atoms with Crippen molar-refractivity contribution < 1.29 is 14.3 Å². The summed E-state index contributed by atoms with van der Waals surface area (Å²) in [7, 11) is -1.72. The van der Waals surface area contributed by atoms with Gasteiger partial charge in [-0.05, 0) is 19.4 Å². The molecule has 0 spiro atoms. The highest BCUT2D eigenvalue weighted by atomic mass is 28.4. The third-order valence-corrected chi connectivity index (χ3v) is 8.26. The van der Waals surface area contributed by atoms with Gasteiger partial charge in [0.1, 0.15) is 0 Å². The average Bonchev–Trinajstić information content (AvgIpc) is 2.26. The van der Waals surface area contributed by atoms with Gasteiger partial charge < -0.3 is 9.53 Å². The van der Waals surface area contributed by atoms with Crippen LogP contribution in [0.1, 0.15) is 31.9 Å². The summed E-state index contributed by atoms with van der Waals surface area (Å²) in [5.74, 6) is -0.801. The first kappa shape index (κ1) is 15.9. The predicted octanol–water partition coefficient (Wildman–Crippen LogP) is 3.84. The summed E-state index contributed by atoms with van der Waals surface area (Å²) < 4.78 is 6.12. The van der Waals surface area contributed by atoms with E-state index in [4.69, 9.17) is 9.53 Å². The van der Waals surface area contributed by atoms with Gasteiger partial charge in [-0.3, -0.25) is 4.79 Å². The van der Waals surface area contributed by atoms with Crippen LogP contribution in [0.4, 0.5) is 0 Å². The van der Waals surface area contributed by atoms with Gasteiger partial charge in [0.2, 0.25) is 0 Å². The van der Waals surface area contributed by atoms with Crippen LogP contribution in [-0.4, -0.2) is 19.4 Å². The largest absolute Gasteiger partial charge is 0.561 e. The first-order valence-electron chi connectivity index (χ1n) is 6.55. The molecule has 0 aliphatic carbocycles. The minimum atomic E-state index is -1.72. The van der Waals surface area contributed by atoms with E-state index in [1.54, 1.807) is 0 Å². The molecule has 0 saturated heterocycles. The number of benzene rings is 1. The summed E-state index contributed by atoms with van der Waals surface area (Å²) in [5, 5.41) is 8.92. The Morgan fingerprint density at radius 2 is 1.63 bits per heavy atom. The molecule has 0 heterocycles. The lowest BCUT2D eigenvalue weighted by molar-refractivity contribution is -0.136. The summed E-state index contributed by atoms with van der Waals surface area (Å²) >= 11 is 0. The van der Waals surface area contributed by atoms with Crippen LogP contribution in [0.5, 0.6) is 0 Å². The second kappa shape index (κ2) is 5.88. The molecule has 0 bridgehead atoms. The molecular formula is C15H24O3Si-. The molecule has 0 aromatic heterocycles. The molecule has 1 aromatic carbocycles. The van der Waals surface area contributed by atoms with E-state index in [0.717, 1.165) is 11.1 Å². The lowest BCUT2D eigenvalue weighted by atomic mass is 10.1. The van der Waals surface area contributed by atoms with E-state index in [1.165, 1.54) is 0 Å². The quantitative estimate of drug-likeness (QED) is 0.834. The zero-order valence-corrected chi connectivity index (χ0v) is 13.5. The lowest BCUT2D eigenvalue weighted by Gasteiger charge is -2.48. The third kappa shape index (κ3) is 4.80. The molecule has 0 aliphatic heterocycles. The second-order valence-corrected chi connectivity index (χ2v) is 11.2. The van der Waals surface area contributed by atoms with Crippen molar-refractivity contribution in [3.05, 3.63) is 35.4 Å². The number of hydrogen-bond acceptors (Lipinski definition) is 2. The van der Waals surface area contributed by atoms with Gasteiger partial charge in [-0.2, -0.15) is 0 Å². The monoisotopic (exact) mass is 280 g/mol. The number of carboxylic acid groups (broad SMARTS) is 1. The Kier molecular flexibility index (Phi) is 4.93. The van der Waals surface area contributed by atoms with Gasteiger partial charge in [0.25, 0.3) is 0 Å². The molecule has 1 N–H and O–H groups in total. The van der Waals surface area contributed by atoms with Crippen LogP contribution in [0.15, 0.2) is 24.3 Å². The molecule has 0 aliphatic rings. The van der Waals surface area contributed by atoms with Crippen LogP contribution >= 0.6 is 0 Å². The first-order valence-corrected chi connectivity index (χ1v) is 9.46. The molecule has 4 heteroatoms. The van der Waals surface area contributed by atoms with Crippen LogP contribution in [0.25, 0.3) is 0 Å². The second-order valence-electron chi connectivity index (χ2n) is 6.44. The Labute approximate surface area is 116 Å². The predicted molar refractivity (Wildman–Crippen MR) is 79.8 cm³/mol. The Morgan fingerprint density at radius 3 is 2.05 bits per heavy atom. The molecule has 0 saturated carbocycles. The van der Waals surface area contributed by atoms with Crippen LogP contribution in [0.3, 0.4) is 0 Å². The van der Waals surface area contributed by atoms with Crippen molar-refractivity contribution in [3.63, 3.8) is 0 Å². The fourth-order valence-corrected chi connectivity index (χ4v) is 2.37. The average molecular weight is 280 g/mol. The molecule has 0 radical (unpaired) electrons. The minimum Gasteiger partial charge on any atom is -0.561 e. The molecule has 0 fully saturated rings. The van der Waals surface area contributed by atoms with Crippen molar-refractivity contribution in [1.82, 2.24) is 0 Å². The Bertz CT molecular complexity index is 430. The van der Waals surface area contributed by atoms with E-state index < -0.39 is 14.3 Å². The van der Waals surface area contributed by atoms with Gasteiger partial charge in [-0.15, -0.1) is 18.1 Å². The maximum Gasteiger partial charge on any atom is 0.307 e. The molecular weight excluding hydrogens is 256 g/mol. The zero-order valence-electron chi connectivity index (χ0n) is 12.5. The summed E-state index contributed by atoms with van der Waals surface area (Å²) in [6.45, 7) is 11.7. The van der Waals surface area contributed by atoms with Crippen molar-refractivity contribution in [2.75, 3.05) is 0 Å². The zero-order chi connectivity index (χ0) is 14.7. The van der Waals surface area contributed by atoms with E-state index in [-0.39, 0.29) is 11.5 Å². The number of carbonyl (C=O) groups is 1. The fourth-order valence-electron chi connectivity index (χ4n) is 1.41. The highest BCUT2D eigenvalue weighted by molar-refractivity contribution is 6.74. The maximum atomic E-state index is 10.6. The van der Waals surface area contributed by atoms with E-state index in [0.29, 0.717) is 6.61 Å². The highest BCUT2D eigenvalue weighted by Gasteiger charge is 2.24. The molecule has 1 aromatic rings. The summed E-state index contributed by atoms with van der Waals surface area (Å²) in [6, 6.07) is 7.62. The van der Waals surface area contributed by atoms with E-state index >= 15 is 0 Å². The van der Waals surface area contributed by atoms with Gasteiger partial charge in [0, 0.05) is 6.61 Å². The molecule has 0 atom stereocenters. The van der Waals surface area contributed by atoms with Gasteiger partial charge in [0.15, 0.2) is 0 Å². The molecule has 3 nitrogen and oxygen atoms in total. The Morgan fingerprint density at radius 1 is 1.16 bits per heavy atom. The number of carboxylic acids is 1. The summed E-state index contributed by atoms with van der Waals surface area (Å²) in [4.78, 5) is 10.6. The number of hydrogen-bond donors (Lipinski definition) is 1. The van der Waals surface area contributed by atoms with Gasteiger partial charge >= 0.3 is 5.97 Å². The minimum absolute atomic E-state index is 0.0728. The van der Waals surface area contributed by atoms with E-state index in [2.05, 4.69) is 33.9 Å². The van der Waals surface area contributed by atoms with Crippen LogP contribution < -0.4 is 0 Å². The Hall–Kier alpha value is -1.13. The Balaban J connectivity index is 2.62. The molecule has 1 rings (SSSR count). The highest BCUT2D eigenvalue weighted by Crippen LogP contribution is 2.37. The van der Waals surface area contributed by atoms with Crippen LogP contribution in [-0.2, 0) is 22.2 Å². The van der Waals surface area contributed by atoms with Crippen molar-refractivity contribution in [3.8, 4) is 0 Å². The summed E-state index contributed by atoms with van der Waals surface area (Å²) in [5.41, 5.74) is 1.92. The summed E-state index contributed by atoms with van der Waals surface area (Å²) in [6.07, 6.45) is 0.0728. The van der Waals surface area contributed by atoms with Crippen LogP contribution in [0, 0.1) is 0 Å². The molecule has 0 amide bonds. The van der Waals surface area contributed by atoms with Crippen molar-refractivity contribution in [2.24, 2.45) is 0 Å². The smallest absolute Gasteiger partial charge is 0.307 e. The van der Waals surface area contributed by atoms with Gasteiger partial charge in [-0.25, -0.2) is 0 Å².